The lowest BCUT2D eigenvalue weighted by molar-refractivity contribution is -0.127. The molecule has 14 heteroatoms. The van der Waals surface area contributed by atoms with E-state index in [0.717, 1.165) is 24.9 Å². The number of nitrogens with zero attached hydrogens (tertiary/aromatic N) is 4. The average Bonchev–Trinajstić information content (AvgIpc) is 3.65. The number of amides is 3. The van der Waals surface area contributed by atoms with Crippen LogP contribution in [0.1, 0.15) is 45.5 Å². The maximum atomic E-state index is 13.3. The van der Waals surface area contributed by atoms with Crippen molar-refractivity contribution < 1.29 is 47.5 Å². The number of hydrogen-bond acceptors (Lipinski definition) is 11. The van der Waals surface area contributed by atoms with E-state index in [1.807, 2.05) is 17.2 Å². The van der Waals surface area contributed by atoms with E-state index in [-0.39, 0.29) is 23.8 Å². The molecule has 3 aromatic rings. The van der Waals surface area contributed by atoms with Gasteiger partial charge in [-0.3, -0.25) is 19.4 Å². The van der Waals surface area contributed by atoms with Crippen LogP contribution in [0.4, 0.5) is 5.69 Å². The van der Waals surface area contributed by atoms with E-state index in [0.29, 0.717) is 103 Å². The first-order valence-electron chi connectivity index (χ1n) is 17.9. The molecule has 3 amide bonds. The highest BCUT2D eigenvalue weighted by Crippen LogP contribution is 2.40. The first-order valence-corrected chi connectivity index (χ1v) is 17.9. The summed E-state index contributed by atoms with van der Waals surface area (Å²) in [4.78, 5) is 49.3. The second kappa shape index (κ2) is 17.3. The summed E-state index contributed by atoms with van der Waals surface area (Å²) in [6, 6.07) is 12.2. The van der Waals surface area contributed by atoms with Crippen LogP contribution in [-0.2, 0) is 4.79 Å². The molecule has 3 heterocycles. The second-order valence-corrected chi connectivity index (χ2v) is 12.8. The number of methoxy groups -OCH3 is 5. The van der Waals surface area contributed by atoms with Crippen LogP contribution in [-0.4, -0.2) is 126 Å². The van der Waals surface area contributed by atoms with Crippen LogP contribution in [0, 0.1) is 0 Å². The third-order valence-corrected chi connectivity index (χ3v) is 9.66. The fraction of sp³-hybridized carbons (Fsp3) is 0.400. The van der Waals surface area contributed by atoms with Crippen molar-refractivity contribution >= 4 is 35.7 Å². The number of hydrogen-bond donors (Lipinski definition) is 0. The maximum Gasteiger partial charge on any atom is 0.256 e. The molecule has 3 aliphatic rings. The van der Waals surface area contributed by atoms with E-state index < -0.39 is 0 Å². The summed E-state index contributed by atoms with van der Waals surface area (Å²) in [5, 5.41) is 0. The Hall–Kier alpha value is -5.92. The zero-order valence-electron chi connectivity index (χ0n) is 31.3. The van der Waals surface area contributed by atoms with Gasteiger partial charge in [0.1, 0.15) is 0 Å². The summed E-state index contributed by atoms with van der Waals surface area (Å²) in [5.41, 5.74) is 2.27. The molecule has 286 valence electrons. The minimum Gasteiger partial charge on any atom is -0.493 e. The maximum absolute atomic E-state index is 13.3. The van der Waals surface area contributed by atoms with Crippen LogP contribution in [0.5, 0.6) is 40.2 Å². The van der Waals surface area contributed by atoms with Crippen LogP contribution in [0.3, 0.4) is 0 Å². The van der Waals surface area contributed by atoms with Crippen LogP contribution in [0.25, 0.3) is 6.08 Å². The van der Waals surface area contributed by atoms with Gasteiger partial charge in [-0.15, -0.1) is 0 Å². The Morgan fingerprint density at radius 3 is 2.06 bits per heavy atom. The van der Waals surface area contributed by atoms with Crippen molar-refractivity contribution in [2.24, 2.45) is 4.99 Å². The molecule has 3 aromatic carbocycles. The summed E-state index contributed by atoms with van der Waals surface area (Å²) < 4.78 is 39.3. The van der Waals surface area contributed by atoms with E-state index in [1.54, 1.807) is 66.5 Å². The lowest BCUT2D eigenvalue weighted by atomic mass is 10.1. The van der Waals surface area contributed by atoms with Crippen molar-refractivity contribution in [3.8, 4) is 40.2 Å². The molecule has 1 atom stereocenters. The molecule has 0 radical (unpaired) electrons. The molecule has 0 saturated carbocycles. The highest BCUT2D eigenvalue weighted by Gasteiger charge is 2.33. The average molecular weight is 743 g/mol. The Balaban J connectivity index is 0.979. The highest BCUT2D eigenvalue weighted by atomic mass is 16.5. The number of piperazine rings is 1. The molecule has 0 aromatic heterocycles. The standard InChI is InChI=1S/C40H46N4O10/c1-48-32-20-26(10-12-37(45)42-14-16-43(17-15-42)39(46)27-21-35(50-3)38(52-5)36(22-27)51-4)9-11-31(32)53-18-7-19-54-34-24-30-29(23-33(34)49-2)40(47)44-13-6-8-28(44)25-41-30/h9-12,20-25,28H,6-8,13-19H2,1-5H3/t28-/m0/s1. The Bertz CT molecular complexity index is 1900. The second-order valence-electron chi connectivity index (χ2n) is 12.8. The fourth-order valence-corrected chi connectivity index (χ4v) is 6.74. The first-order chi connectivity index (χ1) is 26.3. The summed E-state index contributed by atoms with van der Waals surface area (Å²) >= 11 is 0. The van der Waals surface area contributed by atoms with Crippen LogP contribution in [0.15, 0.2) is 53.5 Å². The van der Waals surface area contributed by atoms with Gasteiger partial charge in [-0.1, -0.05) is 6.07 Å². The van der Waals surface area contributed by atoms with Crippen molar-refractivity contribution in [1.29, 1.82) is 0 Å². The molecule has 0 spiro atoms. The van der Waals surface area contributed by atoms with Gasteiger partial charge in [0.15, 0.2) is 34.5 Å². The monoisotopic (exact) mass is 742 g/mol. The molecule has 0 unspecified atom stereocenters. The highest BCUT2D eigenvalue weighted by molar-refractivity contribution is 6.03. The van der Waals surface area contributed by atoms with Crippen LogP contribution >= 0.6 is 0 Å². The Morgan fingerprint density at radius 2 is 1.39 bits per heavy atom. The third-order valence-electron chi connectivity index (χ3n) is 9.66. The molecule has 3 aliphatic heterocycles. The van der Waals surface area contributed by atoms with Gasteiger partial charge < -0.3 is 47.9 Å². The molecule has 0 bridgehead atoms. The predicted molar refractivity (Wildman–Crippen MR) is 201 cm³/mol. The minimum atomic E-state index is -0.182. The smallest absolute Gasteiger partial charge is 0.256 e. The molecular weight excluding hydrogens is 696 g/mol. The van der Waals surface area contributed by atoms with Gasteiger partial charge in [-0.2, -0.15) is 0 Å². The number of rotatable bonds is 14. The van der Waals surface area contributed by atoms with Crippen LogP contribution in [0.2, 0.25) is 0 Å². The van der Waals surface area contributed by atoms with Crippen molar-refractivity contribution in [3.63, 3.8) is 0 Å². The summed E-state index contributed by atoms with van der Waals surface area (Å²) in [5.74, 6) is 2.91. The molecule has 0 N–H and O–H groups in total. The van der Waals surface area contributed by atoms with Crippen LogP contribution < -0.4 is 33.2 Å². The van der Waals surface area contributed by atoms with Gasteiger partial charge in [0.05, 0.1) is 66.1 Å². The van der Waals surface area contributed by atoms with Gasteiger partial charge in [0.25, 0.3) is 11.8 Å². The van der Waals surface area contributed by atoms with Crippen molar-refractivity contribution in [2.75, 3.05) is 81.5 Å². The van der Waals surface area contributed by atoms with E-state index in [9.17, 15) is 14.4 Å². The van der Waals surface area contributed by atoms with Gasteiger partial charge in [-0.25, -0.2) is 0 Å². The Morgan fingerprint density at radius 1 is 0.741 bits per heavy atom. The van der Waals surface area contributed by atoms with Gasteiger partial charge >= 0.3 is 0 Å². The number of aliphatic imine (C=N–C) groups is 1. The number of carbonyl (C=O) groups excluding carboxylic acids is 3. The molecule has 2 fully saturated rings. The van der Waals surface area contributed by atoms with Gasteiger partial charge in [-0.05, 0) is 54.8 Å². The van der Waals surface area contributed by atoms with Crippen molar-refractivity contribution in [2.45, 2.75) is 25.3 Å². The van der Waals surface area contributed by atoms with Crippen molar-refractivity contribution in [1.82, 2.24) is 14.7 Å². The zero-order chi connectivity index (χ0) is 38.2. The Kier molecular flexibility index (Phi) is 12.1. The quantitative estimate of drug-likeness (QED) is 0.166. The lowest BCUT2D eigenvalue weighted by Gasteiger charge is -2.34. The SMILES string of the molecule is COc1cc(C=CC(=O)N2CCN(C(=O)c3cc(OC)c(OC)c(OC)c3)CC2)ccc1OCCCOc1cc2c(cc1OC)C(=O)N1CCC[C@H]1C=N2. The fourth-order valence-electron chi connectivity index (χ4n) is 6.74. The van der Waals surface area contributed by atoms with E-state index in [1.165, 1.54) is 27.4 Å². The lowest BCUT2D eigenvalue weighted by Crippen LogP contribution is -2.50. The Labute approximate surface area is 314 Å². The van der Waals surface area contributed by atoms with E-state index in [2.05, 4.69) is 4.99 Å². The summed E-state index contributed by atoms with van der Waals surface area (Å²) in [6.07, 6.45) is 7.55. The number of benzene rings is 3. The zero-order valence-corrected chi connectivity index (χ0v) is 31.3. The molecular formula is C40H46N4O10. The topological polar surface area (TPSA) is 138 Å². The minimum absolute atomic E-state index is 0.0255. The third kappa shape index (κ3) is 8.17. The predicted octanol–water partition coefficient (Wildman–Crippen LogP) is 4.90. The van der Waals surface area contributed by atoms with E-state index in [4.69, 9.17) is 33.2 Å². The number of fused-ring (bicyclic) bond motifs is 2. The van der Waals surface area contributed by atoms with Crippen molar-refractivity contribution in [3.05, 3.63) is 65.2 Å². The molecule has 54 heavy (non-hydrogen) atoms. The van der Waals surface area contributed by atoms with E-state index >= 15 is 0 Å². The normalized spacial score (nSPS) is 16.4. The largest absolute Gasteiger partial charge is 0.493 e. The summed E-state index contributed by atoms with van der Waals surface area (Å²) in [6.45, 7) is 2.99. The molecule has 14 nitrogen and oxygen atoms in total. The molecule has 0 aliphatic carbocycles. The first kappa shape index (κ1) is 37.8. The van der Waals surface area contributed by atoms with Gasteiger partial charge in [0, 0.05) is 63.1 Å². The number of carbonyl (C=O) groups is 3. The molecule has 6 rings (SSSR count). The van der Waals surface area contributed by atoms with Gasteiger partial charge in [0.2, 0.25) is 11.7 Å². The number of ether oxygens (including phenoxy) is 7. The molecule has 2 saturated heterocycles. The summed E-state index contributed by atoms with van der Waals surface area (Å²) in [7, 11) is 7.62.